The van der Waals surface area contributed by atoms with Crippen molar-refractivity contribution in [1.82, 2.24) is 10.3 Å². The van der Waals surface area contributed by atoms with E-state index >= 15 is 0 Å². The monoisotopic (exact) mass is 306 g/mol. The van der Waals surface area contributed by atoms with Crippen LogP contribution in [0.5, 0.6) is 0 Å². The molecule has 2 rings (SSSR count). The summed E-state index contributed by atoms with van der Waals surface area (Å²) in [4.78, 5) is 26.6. The first-order chi connectivity index (χ1) is 10.0. The van der Waals surface area contributed by atoms with Crippen LogP contribution in [0.4, 0.5) is 11.4 Å². The molecule has 0 radical (unpaired) electrons. The average molecular weight is 306 g/mol. The Balaban J connectivity index is 2.10. The maximum Gasteiger partial charge on any atom is 0.292 e. The molecular formula is C13H14N4O3S. The molecular weight excluding hydrogens is 292 g/mol. The number of nitro groups is 1. The van der Waals surface area contributed by atoms with E-state index in [0.29, 0.717) is 17.8 Å². The van der Waals surface area contributed by atoms with Crippen LogP contribution in [0.2, 0.25) is 0 Å². The molecule has 0 bridgehead atoms. The van der Waals surface area contributed by atoms with E-state index in [0.717, 1.165) is 10.7 Å². The van der Waals surface area contributed by atoms with E-state index in [1.165, 1.54) is 29.5 Å². The Bertz CT molecular complexity index is 684. The molecule has 110 valence electrons. The van der Waals surface area contributed by atoms with Crippen LogP contribution < -0.4 is 10.6 Å². The molecule has 7 nitrogen and oxygen atoms in total. The van der Waals surface area contributed by atoms with Gasteiger partial charge >= 0.3 is 0 Å². The van der Waals surface area contributed by atoms with Crippen molar-refractivity contribution >= 4 is 28.6 Å². The molecule has 0 saturated carbocycles. The second-order valence-electron chi connectivity index (χ2n) is 4.30. The summed E-state index contributed by atoms with van der Waals surface area (Å²) in [6.07, 6.45) is 0. The van der Waals surface area contributed by atoms with Gasteiger partial charge in [-0.25, -0.2) is 4.98 Å². The summed E-state index contributed by atoms with van der Waals surface area (Å²) in [7, 11) is 1.57. The Morgan fingerprint density at radius 3 is 2.81 bits per heavy atom. The van der Waals surface area contributed by atoms with Crippen molar-refractivity contribution in [2.75, 3.05) is 12.4 Å². The minimum Gasteiger partial charge on any atom is -0.383 e. The Morgan fingerprint density at radius 1 is 1.48 bits per heavy atom. The van der Waals surface area contributed by atoms with Crippen molar-refractivity contribution in [1.29, 1.82) is 0 Å². The normalized spacial score (nSPS) is 10.2. The van der Waals surface area contributed by atoms with Crippen LogP contribution in [0, 0.1) is 17.0 Å². The molecule has 1 aromatic carbocycles. The van der Waals surface area contributed by atoms with Gasteiger partial charge in [-0.3, -0.25) is 14.9 Å². The number of rotatable bonds is 5. The van der Waals surface area contributed by atoms with Crippen molar-refractivity contribution in [3.8, 4) is 0 Å². The number of aromatic nitrogens is 1. The lowest BCUT2D eigenvalue weighted by Crippen LogP contribution is -2.22. The minimum absolute atomic E-state index is 0.0652. The molecule has 1 heterocycles. The molecule has 2 N–H and O–H groups in total. The third kappa shape index (κ3) is 3.54. The van der Waals surface area contributed by atoms with Crippen molar-refractivity contribution in [2.45, 2.75) is 13.5 Å². The highest BCUT2D eigenvalue weighted by atomic mass is 32.1. The van der Waals surface area contributed by atoms with E-state index in [1.807, 2.05) is 12.3 Å². The summed E-state index contributed by atoms with van der Waals surface area (Å²) in [5.74, 6) is -0.297. The Kier molecular flexibility index (Phi) is 4.49. The maximum absolute atomic E-state index is 12.0. The number of nitrogens with zero attached hydrogens (tertiary/aromatic N) is 2. The number of benzene rings is 1. The van der Waals surface area contributed by atoms with Crippen LogP contribution in [-0.2, 0) is 6.54 Å². The van der Waals surface area contributed by atoms with E-state index in [1.54, 1.807) is 7.05 Å². The van der Waals surface area contributed by atoms with Gasteiger partial charge in [-0.05, 0) is 19.1 Å². The van der Waals surface area contributed by atoms with Gasteiger partial charge in [-0.1, -0.05) is 0 Å². The molecule has 0 saturated heterocycles. The van der Waals surface area contributed by atoms with E-state index in [-0.39, 0.29) is 11.6 Å². The zero-order valence-corrected chi connectivity index (χ0v) is 12.4. The molecule has 0 aliphatic carbocycles. The van der Waals surface area contributed by atoms with Gasteiger partial charge in [-0.15, -0.1) is 11.3 Å². The van der Waals surface area contributed by atoms with Crippen LogP contribution in [0.15, 0.2) is 23.6 Å². The number of hydrogen-bond acceptors (Lipinski definition) is 6. The number of hydrogen-bond donors (Lipinski definition) is 2. The van der Waals surface area contributed by atoms with Gasteiger partial charge in [0.05, 0.1) is 11.5 Å². The summed E-state index contributed by atoms with van der Waals surface area (Å²) in [5.41, 5.74) is 1.51. The molecule has 1 amide bonds. The van der Waals surface area contributed by atoms with Crippen molar-refractivity contribution in [3.05, 3.63) is 50.0 Å². The molecule has 0 aliphatic heterocycles. The van der Waals surface area contributed by atoms with Crippen molar-refractivity contribution in [3.63, 3.8) is 0 Å². The Morgan fingerprint density at radius 2 is 2.24 bits per heavy atom. The predicted octanol–water partition coefficient (Wildman–Crippen LogP) is 2.33. The van der Waals surface area contributed by atoms with E-state index < -0.39 is 4.92 Å². The topological polar surface area (TPSA) is 97.2 Å². The molecule has 21 heavy (non-hydrogen) atoms. The lowest BCUT2D eigenvalue weighted by molar-refractivity contribution is -0.383. The zero-order valence-electron chi connectivity index (χ0n) is 11.5. The van der Waals surface area contributed by atoms with Crippen LogP contribution in [0.25, 0.3) is 0 Å². The number of anilines is 1. The molecule has 0 fully saturated rings. The first-order valence-corrected chi connectivity index (χ1v) is 7.04. The Labute approximate surface area is 125 Å². The highest BCUT2D eigenvalue weighted by Gasteiger charge is 2.15. The molecule has 2 aromatic rings. The second-order valence-corrected chi connectivity index (χ2v) is 5.25. The fraction of sp³-hybridized carbons (Fsp3) is 0.231. The third-order valence-corrected chi connectivity index (χ3v) is 3.76. The number of aryl methyl sites for hydroxylation is 1. The third-order valence-electron chi connectivity index (χ3n) is 2.79. The first-order valence-electron chi connectivity index (χ1n) is 6.16. The average Bonchev–Trinajstić information content (AvgIpc) is 2.89. The number of nitro benzene ring substituents is 1. The van der Waals surface area contributed by atoms with Gasteiger partial charge in [0.25, 0.3) is 11.6 Å². The van der Waals surface area contributed by atoms with Gasteiger partial charge in [0.2, 0.25) is 0 Å². The quantitative estimate of drug-likeness (QED) is 0.652. The molecule has 0 unspecified atom stereocenters. The van der Waals surface area contributed by atoms with Crippen LogP contribution in [0.3, 0.4) is 0 Å². The molecule has 8 heteroatoms. The highest BCUT2D eigenvalue weighted by Crippen LogP contribution is 2.24. The van der Waals surface area contributed by atoms with Gasteiger partial charge < -0.3 is 10.6 Å². The predicted molar refractivity (Wildman–Crippen MR) is 80.7 cm³/mol. The highest BCUT2D eigenvalue weighted by molar-refractivity contribution is 7.09. The van der Waals surface area contributed by atoms with E-state index in [9.17, 15) is 14.9 Å². The van der Waals surface area contributed by atoms with E-state index in [2.05, 4.69) is 15.6 Å². The first kappa shape index (κ1) is 14.9. The summed E-state index contributed by atoms with van der Waals surface area (Å²) in [5, 5.41) is 19.0. The zero-order chi connectivity index (χ0) is 15.4. The largest absolute Gasteiger partial charge is 0.383 e. The number of carbonyl (C=O) groups excluding carboxylic acids is 1. The fourth-order valence-corrected chi connectivity index (χ4v) is 2.49. The number of nitrogens with one attached hydrogen (secondary N) is 2. The summed E-state index contributed by atoms with van der Waals surface area (Å²) in [6, 6.07) is 4.20. The van der Waals surface area contributed by atoms with Crippen molar-refractivity contribution in [2.24, 2.45) is 0 Å². The lowest BCUT2D eigenvalue weighted by Gasteiger charge is -2.06. The van der Waals surface area contributed by atoms with Gasteiger partial charge in [-0.2, -0.15) is 0 Å². The summed E-state index contributed by atoms with van der Waals surface area (Å²) >= 11 is 1.47. The Hall–Kier alpha value is -2.48. The summed E-state index contributed by atoms with van der Waals surface area (Å²) < 4.78 is 0. The second kappa shape index (κ2) is 6.31. The number of amides is 1. The van der Waals surface area contributed by atoms with Gasteiger partial charge in [0, 0.05) is 29.8 Å². The summed E-state index contributed by atoms with van der Waals surface area (Å²) in [6.45, 7) is 2.22. The molecule has 1 aromatic heterocycles. The minimum atomic E-state index is -0.494. The standard InChI is InChI=1S/C13H14N4O3S/c1-8-7-21-12(16-8)6-15-13(18)9-3-4-11(17(19)20)10(5-9)14-2/h3-5,7,14H,6H2,1-2H3,(H,15,18). The van der Waals surface area contributed by atoms with Gasteiger partial charge in [0.1, 0.15) is 10.7 Å². The smallest absolute Gasteiger partial charge is 0.292 e. The number of thiazole rings is 1. The van der Waals surface area contributed by atoms with Crippen LogP contribution in [-0.4, -0.2) is 22.9 Å². The fourth-order valence-electron chi connectivity index (χ4n) is 1.78. The molecule has 0 aliphatic rings. The molecule has 0 spiro atoms. The van der Waals surface area contributed by atoms with E-state index in [4.69, 9.17) is 0 Å². The van der Waals surface area contributed by atoms with Crippen LogP contribution in [0.1, 0.15) is 21.1 Å². The maximum atomic E-state index is 12.0. The number of carbonyl (C=O) groups is 1. The SMILES string of the molecule is CNc1cc(C(=O)NCc2nc(C)cs2)ccc1[N+](=O)[O-]. The van der Waals surface area contributed by atoms with Crippen molar-refractivity contribution < 1.29 is 9.72 Å². The van der Waals surface area contributed by atoms with Crippen LogP contribution >= 0.6 is 11.3 Å². The van der Waals surface area contributed by atoms with Gasteiger partial charge in [0.15, 0.2) is 0 Å². The molecule has 0 atom stereocenters. The lowest BCUT2D eigenvalue weighted by atomic mass is 10.1.